The van der Waals surface area contributed by atoms with Crippen LogP contribution in [0.4, 0.5) is 0 Å². The number of rotatable bonds is 6. The maximum atomic E-state index is 10.7. The molecule has 2 nitrogen and oxygen atoms in total. The highest BCUT2D eigenvalue weighted by Crippen LogP contribution is 2.19. The Morgan fingerprint density at radius 1 is 1.46 bits per heavy atom. The molecule has 13 heavy (non-hydrogen) atoms. The van der Waals surface area contributed by atoms with E-state index in [0.717, 1.165) is 6.04 Å². The highest BCUT2D eigenvalue weighted by Gasteiger charge is 2.22. The first-order valence-electron chi connectivity index (χ1n) is 4.87. The summed E-state index contributed by atoms with van der Waals surface area (Å²) < 4.78 is 4.97. The van der Waals surface area contributed by atoms with Crippen LogP contribution in [0.2, 0.25) is 24.7 Å². The molecule has 0 aliphatic heterocycles. The summed E-state index contributed by atoms with van der Waals surface area (Å²) in [4.78, 5) is 10.7. The van der Waals surface area contributed by atoms with Crippen LogP contribution in [0.15, 0.2) is 12.7 Å². The summed E-state index contributed by atoms with van der Waals surface area (Å²) in [5.41, 5.74) is 0. The van der Waals surface area contributed by atoms with E-state index in [9.17, 15) is 4.79 Å². The van der Waals surface area contributed by atoms with E-state index in [1.165, 1.54) is 18.2 Å². The predicted octanol–water partition coefficient (Wildman–Crippen LogP) is 2.83. The highest BCUT2D eigenvalue weighted by molar-refractivity contribution is 6.78. The zero-order chi connectivity index (χ0) is 10.3. The van der Waals surface area contributed by atoms with Crippen LogP contribution in [-0.2, 0) is 9.53 Å². The summed E-state index contributed by atoms with van der Waals surface area (Å²) in [6, 6.07) is 3.59. The fourth-order valence-electron chi connectivity index (χ4n) is 1.06. The van der Waals surface area contributed by atoms with Crippen LogP contribution in [0.3, 0.4) is 0 Å². The van der Waals surface area contributed by atoms with Crippen molar-refractivity contribution in [3.8, 4) is 0 Å². The Kier molecular flexibility index (Phi) is 5.71. The first kappa shape index (κ1) is 12.4. The fourth-order valence-corrected chi connectivity index (χ4v) is 2.86. The van der Waals surface area contributed by atoms with Crippen LogP contribution < -0.4 is 0 Å². The molecule has 0 saturated heterocycles. The summed E-state index contributed by atoms with van der Waals surface area (Å²) in [5, 5.41) is 0. The molecule has 0 spiro atoms. The number of esters is 1. The average Bonchev–Trinajstić information content (AvgIpc) is 2.17. The number of carbonyl (C=O) groups is 1. The quantitative estimate of drug-likeness (QED) is 0.374. The maximum absolute atomic E-state index is 10.7. The zero-order valence-electron chi connectivity index (χ0n) is 8.93. The van der Waals surface area contributed by atoms with Crippen molar-refractivity contribution in [3.63, 3.8) is 0 Å². The molecule has 0 fully saturated rings. The van der Waals surface area contributed by atoms with Gasteiger partial charge in [-0.2, -0.15) is 0 Å². The largest absolute Gasteiger partial charge is 0.463 e. The molecular weight excluding hydrogens is 180 g/mol. The van der Waals surface area contributed by atoms with Crippen LogP contribution in [0.25, 0.3) is 0 Å². The summed E-state index contributed by atoms with van der Waals surface area (Å²) in [6.45, 7) is 10.7. The Morgan fingerprint density at radius 3 is 2.38 bits per heavy atom. The molecule has 76 valence electrons. The first-order valence-corrected chi connectivity index (χ1v) is 7.99. The van der Waals surface area contributed by atoms with Crippen LogP contribution in [-0.4, -0.2) is 20.7 Å². The van der Waals surface area contributed by atoms with Crippen LogP contribution in [0.1, 0.15) is 13.8 Å². The average molecular weight is 200 g/mol. The second-order valence-electron chi connectivity index (χ2n) is 3.64. The molecule has 0 rings (SSSR count). The van der Waals surface area contributed by atoms with E-state index >= 15 is 0 Å². The first-order chi connectivity index (χ1) is 6.08. The Bertz CT molecular complexity index is 174. The van der Waals surface area contributed by atoms with Gasteiger partial charge in [-0.25, -0.2) is 4.79 Å². The SMILES string of the molecule is C=CC(=O)OCC[Si](C)(CC)CC. The highest BCUT2D eigenvalue weighted by atomic mass is 28.3. The van der Waals surface area contributed by atoms with Gasteiger partial charge in [-0.3, -0.25) is 0 Å². The predicted molar refractivity (Wildman–Crippen MR) is 58.5 cm³/mol. The van der Waals surface area contributed by atoms with Crippen LogP contribution in [0.5, 0.6) is 0 Å². The van der Waals surface area contributed by atoms with Gasteiger partial charge in [0, 0.05) is 6.08 Å². The number of hydrogen-bond donors (Lipinski definition) is 0. The Balaban J connectivity index is 3.73. The topological polar surface area (TPSA) is 26.3 Å². The summed E-state index contributed by atoms with van der Waals surface area (Å²) in [6.07, 6.45) is 1.22. The molecular formula is C10H20O2Si. The van der Waals surface area contributed by atoms with Gasteiger partial charge in [0.25, 0.3) is 0 Å². The maximum Gasteiger partial charge on any atom is 0.330 e. The minimum Gasteiger partial charge on any atom is -0.463 e. The standard InChI is InChI=1S/C10H20O2Si/c1-5-10(11)12-8-9-13(4,6-2)7-3/h5H,1,6-9H2,2-4H3. The van der Waals surface area contributed by atoms with Crippen LogP contribution >= 0.6 is 0 Å². The van der Waals surface area contributed by atoms with Crippen molar-refractivity contribution >= 4 is 14.0 Å². The van der Waals surface area contributed by atoms with Gasteiger partial charge in [0.1, 0.15) is 0 Å². The monoisotopic (exact) mass is 200 g/mol. The van der Waals surface area contributed by atoms with Crippen molar-refractivity contribution in [2.45, 2.75) is 38.5 Å². The van der Waals surface area contributed by atoms with E-state index in [0.29, 0.717) is 6.61 Å². The van der Waals surface area contributed by atoms with Gasteiger partial charge >= 0.3 is 5.97 Å². The fraction of sp³-hybridized carbons (Fsp3) is 0.700. The molecule has 0 aliphatic rings. The number of hydrogen-bond acceptors (Lipinski definition) is 2. The Labute approximate surface area is 82.0 Å². The van der Waals surface area contributed by atoms with Crippen molar-refractivity contribution in [2.75, 3.05) is 6.61 Å². The third-order valence-electron chi connectivity index (χ3n) is 2.82. The molecule has 0 aromatic rings. The molecule has 3 heteroatoms. The lowest BCUT2D eigenvalue weighted by molar-refractivity contribution is -0.137. The zero-order valence-corrected chi connectivity index (χ0v) is 9.93. The van der Waals surface area contributed by atoms with Gasteiger partial charge in [-0.1, -0.05) is 39.1 Å². The molecule has 0 saturated carbocycles. The third kappa shape index (κ3) is 4.88. The van der Waals surface area contributed by atoms with Crippen LogP contribution in [0, 0.1) is 0 Å². The lowest BCUT2D eigenvalue weighted by atomic mass is 10.6. The van der Waals surface area contributed by atoms with Crippen molar-refractivity contribution in [1.82, 2.24) is 0 Å². The van der Waals surface area contributed by atoms with E-state index < -0.39 is 8.07 Å². The van der Waals surface area contributed by atoms with E-state index in [1.54, 1.807) is 0 Å². The Morgan fingerprint density at radius 2 is 2.00 bits per heavy atom. The second kappa shape index (κ2) is 5.97. The molecule has 0 N–H and O–H groups in total. The number of ether oxygens (including phenoxy) is 1. The summed E-state index contributed by atoms with van der Waals surface area (Å²) >= 11 is 0. The normalized spacial score (nSPS) is 11.0. The second-order valence-corrected chi connectivity index (χ2v) is 9.17. The molecule has 0 aromatic carbocycles. The molecule has 0 atom stereocenters. The molecule has 0 heterocycles. The third-order valence-corrected chi connectivity index (χ3v) is 7.65. The van der Waals surface area contributed by atoms with E-state index in [4.69, 9.17) is 4.74 Å². The minimum atomic E-state index is -1.09. The molecule has 0 amide bonds. The van der Waals surface area contributed by atoms with Crippen molar-refractivity contribution in [2.24, 2.45) is 0 Å². The molecule has 0 unspecified atom stereocenters. The number of carbonyl (C=O) groups excluding carboxylic acids is 1. The Hall–Kier alpha value is -0.573. The van der Waals surface area contributed by atoms with E-state index in [-0.39, 0.29) is 5.97 Å². The molecule has 0 aliphatic carbocycles. The van der Waals surface area contributed by atoms with Crippen molar-refractivity contribution in [3.05, 3.63) is 12.7 Å². The van der Waals surface area contributed by atoms with Crippen molar-refractivity contribution in [1.29, 1.82) is 0 Å². The van der Waals surface area contributed by atoms with Gasteiger partial charge in [-0.15, -0.1) is 0 Å². The summed E-state index contributed by atoms with van der Waals surface area (Å²) in [7, 11) is -1.09. The van der Waals surface area contributed by atoms with Crippen molar-refractivity contribution < 1.29 is 9.53 Å². The molecule has 0 bridgehead atoms. The van der Waals surface area contributed by atoms with Gasteiger partial charge in [0.2, 0.25) is 0 Å². The molecule has 0 aromatic heterocycles. The van der Waals surface area contributed by atoms with Gasteiger partial charge in [0.05, 0.1) is 14.7 Å². The minimum absolute atomic E-state index is 0.302. The summed E-state index contributed by atoms with van der Waals surface area (Å²) in [5.74, 6) is -0.302. The smallest absolute Gasteiger partial charge is 0.330 e. The lowest BCUT2D eigenvalue weighted by Gasteiger charge is -2.23. The van der Waals surface area contributed by atoms with Gasteiger partial charge in [-0.05, 0) is 6.04 Å². The van der Waals surface area contributed by atoms with E-state index in [2.05, 4.69) is 27.0 Å². The van der Waals surface area contributed by atoms with Gasteiger partial charge in [0.15, 0.2) is 0 Å². The molecule has 0 radical (unpaired) electrons. The van der Waals surface area contributed by atoms with Gasteiger partial charge < -0.3 is 4.74 Å². The lowest BCUT2D eigenvalue weighted by Crippen LogP contribution is -2.29. The van der Waals surface area contributed by atoms with E-state index in [1.807, 2.05) is 0 Å².